The highest BCUT2D eigenvalue weighted by atomic mass is 19.1. The second-order valence-electron chi connectivity index (χ2n) is 2.02. The van der Waals surface area contributed by atoms with Crippen LogP contribution < -0.4 is 0 Å². The van der Waals surface area contributed by atoms with E-state index in [1.54, 1.807) is 0 Å². The first kappa shape index (κ1) is 10.5. The highest BCUT2D eigenvalue weighted by Crippen LogP contribution is 2.07. The molecule has 5 heteroatoms. The van der Waals surface area contributed by atoms with Gasteiger partial charge in [0, 0.05) is 19.1 Å². The van der Waals surface area contributed by atoms with Crippen LogP contribution in [0.2, 0.25) is 0 Å². The molecule has 0 radical (unpaired) electrons. The van der Waals surface area contributed by atoms with Crippen LogP contribution in [-0.4, -0.2) is 4.92 Å². The molecule has 0 saturated carbocycles. The van der Waals surface area contributed by atoms with Crippen molar-refractivity contribution in [1.29, 1.82) is 0 Å². The molecule has 0 N–H and O–H groups in total. The van der Waals surface area contributed by atoms with Gasteiger partial charge in [0.2, 0.25) is 5.70 Å². The summed E-state index contributed by atoms with van der Waals surface area (Å²) in [6, 6.07) is 0. The molecule has 0 aromatic rings. The average Bonchev–Trinajstić information content (AvgIpc) is 1.84. The van der Waals surface area contributed by atoms with Crippen molar-refractivity contribution in [2.24, 2.45) is 0 Å². The van der Waals surface area contributed by atoms with Gasteiger partial charge in [-0.3, -0.25) is 10.1 Å². The van der Waals surface area contributed by atoms with E-state index in [1.165, 1.54) is 0 Å². The fraction of sp³-hybridized carbons (Fsp3) is 0.143. The number of hydrogen-bond acceptors (Lipinski definition) is 2. The molecule has 0 atom stereocenters. The summed E-state index contributed by atoms with van der Waals surface area (Å²) in [5.74, 6) is -2.02. The Labute approximate surface area is 67.8 Å². The van der Waals surface area contributed by atoms with Crippen molar-refractivity contribution in [1.82, 2.24) is 0 Å². The van der Waals surface area contributed by atoms with Gasteiger partial charge in [-0.25, -0.2) is 8.78 Å². The van der Waals surface area contributed by atoms with Gasteiger partial charge in [-0.15, -0.1) is 0 Å². The highest BCUT2D eigenvalue weighted by Gasteiger charge is 2.03. The second-order valence-corrected chi connectivity index (χ2v) is 2.02. The smallest absolute Gasteiger partial charge is 0.246 e. The summed E-state index contributed by atoms with van der Waals surface area (Å²) >= 11 is 0. The lowest BCUT2D eigenvalue weighted by Crippen LogP contribution is -1.93. The van der Waals surface area contributed by atoms with E-state index in [4.69, 9.17) is 0 Å². The molecule has 0 amide bonds. The summed E-state index contributed by atoms with van der Waals surface area (Å²) < 4.78 is 24.3. The predicted octanol–water partition coefficient (Wildman–Crippen LogP) is 2.50. The number of nitrogens with zero attached hydrogens (tertiary/aromatic N) is 1. The summed E-state index contributed by atoms with van der Waals surface area (Å²) in [5, 5.41) is 9.95. The molecular formula is C7H7F2NO2. The number of halogens is 2. The van der Waals surface area contributed by atoms with Gasteiger partial charge in [0.25, 0.3) is 0 Å². The third-order valence-corrected chi connectivity index (χ3v) is 0.929. The molecule has 0 rings (SSSR count). The Balaban J connectivity index is 4.54. The number of nitro groups is 1. The Morgan fingerprint density at radius 1 is 1.50 bits per heavy atom. The van der Waals surface area contributed by atoms with E-state index in [9.17, 15) is 18.9 Å². The molecule has 0 unspecified atom stereocenters. The SMILES string of the molecule is C=C(F)/C=C(F)\C=C(/C)[N+](=O)[O-]. The maximum Gasteiger partial charge on any atom is 0.246 e. The van der Waals surface area contributed by atoms with Crippen molar-refractivity contribution in [2.45, 2.75) is 6.92 Å². The summed E-state index contributed by atoms with van der Waals surface area (Å²) in [6.07, 6.45) is 1.08. The van der Waals surface area contributed by atoms with Crippen LogP contribution in [0.5, 0.6) is 0 Å². The highest BCUT2D eigenvalue weighted by molar-refractivity contribution is 5.20. The van der Waals surface area contributed by atoms with Gasteiger partial charge in [0.1, 0.15) is 11.7 Å². The number of rotatable bonds is 3. The molecule has 12 heavy (non-hydrogen) atoms. The van der Waals surface area contributed by atoms with E-state index < -0.39 is 22.3 Å². The van der Waals surface area contributed by atoms with Gasteiger partial charge in [-0.05, 0) is 0 Å². The summed E-state index contributed by atoms with van der Waals surface area (Å²) in [5.41, 5.74) is -0.398. The number of allylic oxidation sites excluding steroid dienone is 5. The third-order valence-electron chi connectivity index (χ3n) is 0.929. The maximum atomic E-state index is 12.4. The predicted molar refractivity (Wildman–Crippen MR) is 40.2 cm³/mol. The molecule has 3 nitrogen and oxygen atoms in total. The lowest BCUT2D eigenvalue weighted by Gasteiger charge is -1.88. The zero-order chi connectivity index (χ0) is 9.72. The molecule has 0 aromatic carbocycles. The van der Waals surface area contributed by atoms with Gasteiger partial charge in [0.05, 0.1) is 4.92 Å². The lowest BCUT2D eigenvalue weighted by atomic mass is 10.3. The minimum Gasteiger partial charge on any atom is -0.259 e. The summed E-state index contributed by atoms with van der Waals surface area (Å²) in [7, 11) is 0. The minimum atomic E-state index is -1.03. The van der Waals surface area contributed by atoms with Gasteiger partial charge in [-0.1, -0.05) is 6.58 Å². The molecular weight excluding hydrogens is 168 g/mol. The van der Waals surface area contributed by atoms with Gasteiger partial charge in [-0.2, -0.15) is 0 Å². The molecule has 0 heterocycles. The zero-order valence-corrected chi connectivity index (χ0v) is 6.38. The van der Waals surface area contributed by atoms with E-state index >= 15 is 0 Å². The summed E-state index contributed by atoms with van der Waals surface area (Å²) in [6.45, 7) is 3.87. The van der Waals surface area contributed by atoms with Crippen LogP contribution in [0.15, 0.2) is 36.1 Å². The zero-order valence-electron chi connectivity index (χ0n) is 6.38. The quantitative estimate of drug-likeness (QED) is 0.375. The van der Waals surface area contributed by atoms with Gasteiger partial charge < -0.3 is 0 Å². The van der Waals surface area contributed by atoms with E-state index in [0.717, 1.165) is 6.92 Å². The van der Waals surface area contributed by atoms with Crippen molar-refractivity contribution >= 4 is 0 Å². The van der Waals surface area contributed by atoms with Crippen molar-refractivity contribution < 1.29 is 13.7 Å². The molecule has 0 bridgehead atoms. The van der Waals surface area contributed by atoms with Crippen molar-refractivity contribution in [2.75, 3.05) is 0 Å². The average molecular weight is 175 g/mol. The Morgan fingerprint density at radius 3 is 2.33 bits per heavy atom. The topological polar surface area (TPSA) is 43.1 Å². The fourth-order valence-corrected chi connectivity index (χ4v) is 0.444. The Hall–Kier alpha value is -1.52. The molecule has 66 valence electrons. The molecule has 0 saturated heterocycles. The maximum absolute atomic E-state index is 12.4. The summed E-state index contributed by atoms with van der Waals surface area (Å²) in [4.78, 5) is 9.18. The van der Waals surface area contributed by atoms with Gasteiger partial charge in [0.15, 0.2) is 0 Å². The van der Waals surface area contributed by atoms with Crippen LogP contribution in [0.3, 0.4) is 0 Å². The van der Waals surface area contributed by atoms with Crippen LogP contribution in [0.1, 0.15) is 6.92 Å². The molecule has 0 fully saturated rings. The Kier molecular flexibility index (Phi) is 3.82. The molecule has 0 aliphatic rings. The molecule has 0 spiro atoms. The Bertz CT molecular complexity index is 269. The van der Waals surface area contributed by atoms with E-state index in [2.05, 4.69) is 6.58 Å². The van der Waals surface area contributed by atoms with Crippen LogP contribution in [0, 0.1) is 10.1 Å². The van der Waals surface area contributed by atoms with E-state index in [1.807, 2.05) is 0 Å². The van der Waals surface area contributed by atoms with Gasteiger partial charge >= 0.3 is 0 Å². The number of hydrogen-bond donors (Lipinski definition) is 0. The Morgan fingerprint density at radius 2 is 2.00 bits per heavy atom. The first-order valence-electron chi connectivity index (χ1n) is 2.97. The van der Waals surface area contributed by atoms with Crippen LogP contribution >= 0.6 is 0 Å². The van der Waals surface area contributed by atoms with E-state index in [0.29, 0.717) is 12.2 Å². The fourth-order valence-electron chi connectivity index (χ4n) is 0.444. The first-order chi connectivity index (χ1) is 5.43. The van der Waals surface area contributed by atoms with Crippen LogP contribution in [0.4, 0.5) is 8.78 Å². The third kappa shape index (κ3) is 4.32. The van der Waals surface area contributed by atoms with E-state index in [-0.39, 0.29) is 0 Å². The van der Waals surface area contributed by atoms with Crippen molar-refractivity contribution in [3.05, 3.63) is 46.2 Å². The van der Waals surface area contributed by atoms with Crippen LogP contribution in [-0.2, 0) is 0 Å². The molecule has 0 aromatic heterocycles. The van der Waals surface area contributed by atoms with Crippen molar-refractivity contribution in [3.63, 3.8) is 0 Å². The van der Waals surface area contributed by atoms with Crippen molar-refractivity contribution in [3.8, 4) is 0 Å². The second kappa shape index (κ2) is 4.38. The largest absolute Gasteiger partial charge is 0.259 e. The van der Waals surface area contributed by atoms with Crippen LogP contribution in [0.25, 0.3) is 0 Å². The molecule has 0 aliphatic heterocycles. The first-order valence-corrected chi connectivity index (χ1v) is 2.97. The minimum absolute atomic E-state index is 0.398. The lowest BCUT2D eigenvalue weighted by molar-refractivity contribution is -0.424. The molecule has 0 aliphatic carbocycles. The normalized spacial score (nSPS) is 12.9. The standard InChI is InChI=1S/C7H7F2NO2/c1-5(8)3-7(9)4-6(2)10(11)12/h3-4H,1H2,2H3/b6-4+,7-3+. The monoisotopic (exact) mass is 175 g/mol.